The Kier molecular flexibility index (Phi) is 3.33. The van der Waals surface area contributed by atoms with Crippen LogP contribution >= 0.6 is 0 Å². The smallest absolute Gasteiger partial charge is 0.312 e. The number of nitrogens with two attached hydrogens (primary N) is 1. The van der Waals surface area contributed by atoms with Crippen molar-refractivity contribution >= 4 is 5.97 Å². The molecule has 1 aliphatic rings. The average molecular weight is 235 g/mol. The second-order valence-electron chi connectivity index (χ2n) is 4.47. The molecule has 1 aliphatic carbocycles. The van der Waals surface area contributed by atoms with Crippen LogP contribution in [0.15, 0.2) is 12.1 Å². The van der Waals surface area contributed by atoms with Crippen molar-refractivity contribution in [3.8, 4) is 5.75 Å². The summed E-state index contributed by atoms with van der Waals surface area (Å²) in [5.41, 5.74) is 8.19. The Bertz CT molecular complexity index is 443. The molecular weight excluding hydrogens is 218 g/mol. The van der Waals surface area contributed by atoms with Crippen LogP contribution in [-0.4, -0.2) is 22.7 Å². The molecule has 0 aliphatic heterocycles. The van der Waals surface area contributed by atoms with Crippen LogP contribution < -0.4 is 5.73 Å². The van der Waals surface area contributed by atoms with Crippen molar-refractivity contribution in [2.45, 2.75) is 31.6 Å². The Hall–Kier alpha value is -1.55. The second kappa shape index (κ2) is 4.75. The van der Waals surface area contributed by atoms with Gasteiger partial charge in [-0.2, -0.15) is 0 Å². The summed E-state index contributed by atoms with van der Waals surface area (Å²) in [6.45, 7) is 0.0132. The minimum atomic E-state index is -0.971. The molecule has 4 heteroatoms. The number of hydrogen-bond donors (Lipinski definition) is 3. The molecule has 17 heavy (non-hydrogen) atoms. The summed E-state index contributed by atoms with van der Waals surface area (Å²) < 4.78 is 0. The Morgan fingerprint density at radius 2 is 2.06 bits per heavy atom. The highest BCUT2D eigenvalue weighted by Gasteiger charge is 2.26. The van der Waals surface area contributed by atoms with Gasteiger partial charge in [0.15, 0.2) is 0 Å². The molecule has 0 fully saturated rings. The van der Waals surface area contributed by atoms with Crippen molar-refractivity contribution < 1.29 is 15.0 Å². The number of hydrogen-bond acceptors (Lipinski definition) is 3. The number of carboxylic acid groups (broad SMARTS) is 1. The van der Waals surface area contributed by atoms with Crippen LogP contribution in [0.25, 0.3) is 0 Å². The van der Waals surface area contributed by atoms with E-state index in [1.807, 2.05) is 6.07 Å². The molecule has 0 saturated heterocycles. The van der Waals surface area contributed by atoms with Crippen LogP contribution in [0.2, 0.25) is 0 Å². The molecule has 1 atom stereocenters. The summed E-state index contributed by atoms with van der Waals surface area (Å²) in [4.78, 5) is 11.2. The first-order valence-corrected chi connectivity index (χ1v) is 5.91. The Morgan fingerprint density at radius 1 is 1.35 bits per heavy atom. The van der Waals surface area contributed by atoms with Crippen molar-refractivity contribution in [2.75, 3.05) is 6.54 Å². The SMILES string of the molecule is NCC(C(=O)O)c1c(O)ccc2c1CCCC2. The van der Waals surface area contributed by atoms with Crippen LogP contribution in [0.4, 0.5) is 0 Å². The molecule has 0 heterocycles. The topological polar surface area (TPSA) is 83.6 Å². The summed E-state index contributed by atoms with van der Waals surface area (Å²) in [5.74, 6) is -1.71. The molecule has 0 bridgehead atoms. The molecule has 0 saturated carbocycles. The number of phenolic OH excluding ortho intramolecular Hbond substituents is 1. The Morgan fingerprint density at radius 3 is 2.71 bits per heavy atom. The molecule has 2 rings (SSSR count). The van der Waals surface area contributed by atoms with Gasteiger partial charge in [-0.05, 0) is 42.9 Å². The number of aromatic hydroxyl groups is 1. The lowest BCUT2D eigenvalue weighted by molar-refractivity contribution is -0.138. The van der Waals surface area contributed by atoms with E-state index in [0.717, 1.165) is 36.8 Å². The zero-order valence-electron chi connectivity index (χ0n) is 9.65. The lowest BCUT2D eigenvalue weighted by Gasteiger charge is -2.23. The number of aryl methyl sites for hydroxylation is 1. The highest BCUT2D eigenvalue weighted by Crippen LogP contribution is 2.35. The standard InChI is InChI=1S/C13H17NO3/c14-7-10(13(16)17)12-9-4-2-1-3-8(9)5-6-11(12)15/h5-6,10,15H,1-4,7,14H2,(H,16,17). The van der Waals surface area contributed by atoms with Gasteiger partial charge in [0.1, 0.15) is 5.75 Å². The predicted octanol–water partition coefficient (Wildman–Crippen LogP) is 1.40. The van der Waals surface area contributed by atoms with Gasteiger partial charge in [0, 0.05) is 12.1 Å². The van der Waals surface area contributed by atoms with E-state index in [0.29, 0.717) is 5.56 Å². The summed E-state index contributed by atoms with van der Waals surface area (Å²) >= 11 is 0. The van der Waals surface area contributed by atoms with Crippen LogP contribution in [0.5, 0.6) is 5.75 Å². The second-order valence-corrected chi connectivity index (χ2v) is 4.47. The van der Waals surface area contributed by atoms with E-state index in [1.165, 1.54) is 0 Å². The fraction of sp³-hybridized carbons (Fsp3) is 0.462. The Labute approximate surface area is 100 Å². The number of rotatable bonds is 3. The molecule has 1 unspecified atom stereocenters. The van der Waals surface area contributed by atoms with Gasteiger partial charge in [-0.25, -0.2) is 0 Å². The van der Waals surface area contributed by atoms with Gasteiger partial charge in [0.25, 0.3) is 0 Å². The predicted molar refractivity (Wildman–Crippen MR) is 64.2 cm³/mol. The van der Waals surface area contributed by atoms with Gasteiger partial charge < -0.3 is 15.9 Å². The number of phenols is 1. The minimum absolute atomic E-state index is 0.0132. The lowest BCUT2D eigenvalue weighted by Crippen LogP contribution is -2.23. The quantitative estimate of drug-likeness (QED) is 0.739. The normalized spacial score (nSPS) is 16.3. The summed E-state index contributed by atoms with van der Waals surface area (Å²) in [5, 5.41) is 19.1. The zero-order chi connectivity index (χ0) is 12.4. The van der Waals surface area contributed by atoms with E-state index in [4.69, 9.17) is 10.8 Å². The highest BCUT2D eigenvalue weighted by molar-refractivity contribution is 5.78. The summed E-state index contributed by atoms with van der Waals surface area (Å²) in [7, 11) is 0. The summed E-state index contributed by atoms with van der Waals surface area (Å²) in [6.07, 6.45) is 3.96. The monoisotopic (exact) mass is 235 g/mol. The molecule has 4 N–H and O–H groups in total. The van der Waals surface area contributed by atoms with E-state index in [-0.39, 0.29) is 12.3 Å². The Balaban J connectivity index is 2.54. The van der Waals surface area contributed by atoms with Crippen molar-refractivity contribution in [3.63, 3.8) is 0 Å². The van der Waals surface area contributed by atoms with E-state index >= 15 is 0 Å². The lowest BCUT2D eigenvalue weighted by atomic mass is 9.83. The van der Waals surface area contributed by atoms with Crippen molar-refractivity contribution in [1.29, 1.82) is 0 Å². The number of benzene rings is 1. The van der Waals surface area contributed by atoms with E-state index < -0.39 is 11.9 Å². The molecule has 0 radical (unpaired) electrons. The van der Waals surface area contributed by atoms with E-state index in [1.54, 1.807) is 6.07 Å². The highest BCUT2D eigenvalue weighted by atomic mass is 16.4. The third-order valence-corrected chi connectivity index (χ3v) is 3.44. The van der Waals surface area contributed by atoms with Gasteiger partial charge in [0.05, 0.1) is 5.92 Å². The number of aliphatic carboxylic acids is 1. The maximum atomic E-state index is 11.2. The third-order valence-electron chi connectivity index (χ3n) is 3.44. The van der Waals surface area contributed by atoms with Gasteiger partial charge in [-0.1, -0.05) is 6.07 Å². The van der Waals surface area contributed by atoms with Gasteiger partial charge in [-0.3, -0.25) is 4.79 Å². The van der Waals surface area contributed by atoms with Crippen molar-refractivity contribution in [2.24, 2.45) is 5.73 Å². The fourth-order valence-corrected chi connectivity index (χ4v) is 2.58. The van der Waals surface area contributed by atoms with Gasteiger partial charge >= 0.3 is 5.97 Å². The molecule has 0 spiro atoms. The molecule has 0 amide bonds. The first-order valence-electron chi connectivity index (χ1n) is 5.91. The molecule has 1 aromatic carbocycles. The molecule has 4 nitrogen and oxygen atoms in total. The van der Waals surface area contributed by atoms with Gasteiger partial charge in [-0.15, -0.1) is 0 Å². The minimum Gasteiger partial charge on any atom is -0.508 e. The third kappa shape index (κ3) is 2.13. The van der Waals surface area contributed by atoms with Crippen molar-refractivity contribution in [1.82, 2.24) is 0 Å². The zero-order valence-corrected chi connectivity index (χ0v) is 9.65. The van der Waals surface area contributed by atoms with Crippen LogP contribution in [0, 0.1) is 0 Å². The molecule has 1 aromatic rings. The number of carboxylic acids is 1. The summed E-state index contributed by atoms with van der Waals surface area (Å²) in [6, 6.07) is 3.48. The maximum absolute atomic E-state index is 11.2. The molecule has 92 valence electrons. The van der Waals surface area contributed by atoms with E-state index in [2.05, 4.69) is 0 Å². The van der Waals surface area contributed by atoms with Crippen molar-refractivity contribution in [3.05, 3.63) is 28.8 Å². The fourth-order valence-electron chi connectivity index (χ4n) is 2.58. The van der Waals surface area contributed by atoms with E-state index in [9.17, 15) is 9.90 Å². The average Bonchev–Trinajstić information content (AvgIpc) is 2.32. The maximum Gasteiger partial charge on any atom is 0.312 e. The van der Waals surface area contributed by atoms with Crippen LogP contribution in [-0.2, 0) is 17.6 Å². The number of fused-ring (bicyclic) bond motifs is 1. The first kappa shape index (κ1) is 11.9. The largest absolute Gasteiger partial charge is 0.508 e. The first-order chi connectivity index (χ1) is 8.15. The van der Waals surface area contributed by atoms with Gasteiger partial charge in [0.2, 0.25) is 0 Å². The number of carbonyl (C=O) groups is 1. The van der Waals surface area contributed by atoms with Crippen LogP contribution in [0.3, 0.4) is 0 Å². The molecule has 0 aromatic heterocycles. The van der Waals surface area contributed by atoms with Crippen LogP contribution in [0.1, 0.15) is 35.4 Å². The molecular formula is C13H17NO3.